The summed E-state index contributed by atoms with van der Waals surface area (Å²) in [6.07, 6.45) is 0. The molecule has 2 aliphatic heterocycles. The first-order valence-corrected chi connectivity index (χ1v) is 6.72. The Bertz CT molecular complexity index is 482. The molecule has 0 radical (unpaired) electrons. The van der Waals surface area contributed by atoms with Gasteiger partial charge in [-0.1, -0.05) is 0 Å². The van der Waals surface area contributed by atoms with Crippen molar-refractivity contribution in [1.29, 1.82) is 0 Å². The second kappa shape index (κ2) is 4.49. The molecule has 3 rings (SSSR count). The van der Waals surface area contributed by atoms with E-state index in [0.29, 0.717) is 6.61 Å². The minimum absolute atomic E-state index is 0.0556. The third-order valence-corrected chi connectivity index (χ3v) is 3.54. The summed E-state index contributed by atoms with van der Waals surface area (Å²) in [5, 5.41) is 3.46. The highest BCUT2D eigenvalue weighted by atomic mass is 16.5. The van der Waals surface area contributed by atoms with Crippen molar-refractivity contribution >= 4 is 17.1 Å². The summed E-state index contributed by atoms with van der Waals surface area (Å²) in [6, 6.07) is 4.01. The Morgan fingerprint density at radius 1 is 1.26 bits per heavy atom. The lowest BCUT2D eigenvalue weighted by Gasteiger charge is -2.36. The van der Waals surface area contributed by atoms with Gasteiger partial charge in [0.25, 0.3) is 0 Å². The van der Waals surface area contributed by atoms with Crippen LogP contribution in [0.5, 0.6) is 5.75 Å². The van der Waals surface area contributed by atoms with Crippen LogP contribution in [-0.2, 0) is 4.74 Å². The number of nitrogens with two attached hydrogens (primary N) is 1. The van der Waals surface area contributed by atoms with E-state index in [0.717, 1.165) is 49.1 Å². The highest BCUT2D eigenvalue weighted by molar-refractivity contribution is 5.78. The molecule has 0 unspecified atom stereocenters. The molecule has 1 fully saturated rings. The lowest BCUT2D eigenvalue weighted by molar-refractivity contribution is 0.122. The number of anilines is 3. The van der Waals surface area contributed by atoms with Gasteiger partial charge in [-0.25, -0.2) is 0 Å². The molecule has 0 aromatic heterocycles. The maximum atomic E-state index is 6.19. The molecule has 0 aliphatic carbocycles. The summed E-state index contributed by atoms with van der Waals surface area (Å²) < 4.78 is 11.2. The maximum absolute atomic E-state index is 6.19. The molecule has 0 bridgehead atoms. The molecule has 0 spiro atoms. The fourth-order valence-corrected chi connectivity index (χ4v) is 2.54. The van der Waals surface area contributed by atoms with Gasteiger partial charge in [-0.2, -0.15) is 0 Å². The van der Waals surface area contributed by atoms with Gasteiger partial charge in [0, 0.05) is 19.2 Å². The van der Waals surface area contributed by atoms with Gasteiger partial charge in [-0.15, -0.1) is 0 Å². The Balaban J connectivity index is 1.91. The number of hydrogen-bond acceptors (Lipinski definition) is 5. The van der Waals surface area contributed by atoms with Gasteiger partial charge in [-0.05, 0) is 19.9 Å². The van der Waals surface area contributed by atoms with Crippen molar-refractivity contribution < 1.29 is 9.47 Å². The molecule has 3 N–H and O–H groups in total. The number of rotatable bonds is 1. The summed E-state index contributed by atoms with van der Waals surface area (Å²) in [4.78, 5) is 2.25. The van der Waals surface area contributed by atoms with Gasteiger partial charge in [-0.3, -0.25) is 0 Å². The second-order valence-electron chi connectivity index (χ2n) is 5.80. The normalized spacial score (nSPS) is 21.3. The van der Waals surface area contributed by atoms with E-state index in [1.165, 1.54) is 0 Å². The fourth-order valence-electron chi connectivity index (χ4n) is 2.54. The summed E-state index contributed by atoms with van der Waals surface area (Å²) in [5.74, 6) is 0.884. The van der Waals surface area contributed by atoms with Crippen molar-refractivity contribution in [2.24, 2.45) is 0 Å². The van der Waals surface area contributed by atoms with E-state index < -0.39 is 0 Å². The van der Waals surface area contributed by atoms with E-state index in [4.69, 9.17) is 15.2 Å². The third-order valence-electron chi connectivity index (χ3n) is 3.54. The van der Waals surface area contributed by atoms with Crippen molar-refractivity contribution in [3.8, 4) is 5.75 Å². The van der Waals surface area contributed by atoms with Gasteiger partial charge < -0.3 is 25.4 Å². The number of nitrogen functional groups attached to an aromatic ring is 1. The van der Waals surface area contributed by atoms with Crippen LogP contribution in [0.1, 0.15) is 13.8 Å². The molecule has 0 saturated carbocycles. The summed E-state index contributed by atoms with van der Waals surface area (Å²) >= 11 is 0. The van der Waals surface area contributed by atoms with Gasteiger partial charge in [0.2, 0.25) is 0 Å². The standard InChI is InChI=1S/C14H21N3O2/c1-14(2)9-19-13-8-12(10(15)7-11(13)16-14)17-3-5-18-6-4-17/h7-8,16H,3-6,9,15H2,1-2H3. The maximum Gasteiger partial charge on any atom is 0.144 e. The molecule has 0 amide bonds. The molecule has 5 nitrogen and oxygen atoms in total. The first-order valence-electron chi connectivity index (χ1n) is 6.72. The smallest absolute Gasteiger partial charge is 0.144 e. The SMILES string of the molecule is CC1(C)COc2cc(N3CCOCC3)c(N)cc2N1. The van der Waals surface area contributed by atoms with E-state index >= 15 is 0 Å². The Morgan fingerprint density at radius 2 is 2.00 bits per heavy atom. The van der Waals surface area contributed by atoms with Crippen LogP contribution in [0, 0.1) is 0 Å². The van der Waals surface area contributed by atoms with Crippen molar-refractivity contribution in [2.45, 2.75) is 19.4 Å². The molecule has 104 valence electrons. The van der Waals surface area contributed by atoms with Crippen LogP contribution in [0.2, 0.25) is 0 Å². The molecular formula is C14H21N3O2. The highest BCUT2D eigenvalue weighted by Crippen LogP contribution is 2.39. The van der Waals surface area contributed by atoms with Crippen LogP contribution < -0.4 is 20.7 Å². The zero-order valence-corrected chi connectivity index (χ0v) is 11.5. The average Bonchev–Trinajstić information content (AvgIpc) is 2.38. The number of nitrogens with zero attached hydrogens (tertiary/aromatic N) is 1. The Hall–Kier alpha value is -1.62. The zero-order chi connectivity index (χ0) is 13.5. The van der Waals surface area contributed by atoms with E-state index in [-0.39, 0.29) is 5.54 Å². The van der Waals surface area contributed by atoms with Crippen LogP contribution in [0.15, 0.2) is 12.1 Å². The minimum Gasteiger partial charge on any atom is -0.489 e. The number of ether oxygens (including phenoxy) is 2. The van der Waals surface area contributed by atoms with Crippen LogP contribution in [0.4, 0.5) is 17.1 Å². The predicted octanol–water partition coefficient (Wildman–Crippen LogP) is 1.69. The van der Waals surface area contributed by atoms with Crippen LogP contribution in [0.3, 0.4) is 0 Å². The van der Waals surface area contributed by atoms with Crippen molar-refractivity contribution in [2.75, 3.05) is 48.9 Å². The summed E-state index contributed by atoms with van der Waals surface area (Å²) in [6.45, 7) is 8.14. The molecule has 2 heterocycles. The zero-order valence-electron chi connectivity index (χ0n) is 11.5. The highest BCUT2D eigenvalue weighted by Gasteiger charge is 2.27. The summed E-state index contributed by atoms with van der Waals surface area (Å²) in [7, 11) is 0. The second-order valence-corrected chi connectivity index (χ2v) is 5.80. The molecule has 1 aromatic rings. The number of morpholine rings is 1. The van der Waals surface area contributed by atoms with E-state index in [1.807, 2.05) is 12.1 Å². The van der Waals surface area contributed by atoms with Crippen LogP contribution in [-0.4, -0.2) is 38.4 Å². The van der Waals surface area contributed by atoms with Crippen LogP contribution in [0.25, 0.3) is 0 Å². The molecule has 1 saturated heterocycles. The number of benzene rings is 1. The Kier molecular flexibility index (Phi) is 2.93. The Labute approximate surface area is 113 Å². The van der Waals surface area contributed by atoms with E-state index in [9.17, 15) is 0 Å². The van der Waals surface area contributed by atoms with E-state index in [2.05, 4.69) is 24.1 Å². The molecule has 2 aliphatic rings. The number of hydrogen-bond donors (Lipinski definition) is 2. The van der Waals surface area contributed by atoms with Crippen LogP contribution >= 0.6 is 0 Å². The Morgan fingerprint density at radius 3 is 2.74 bits per heavy atom. The van der Waals surface area contributed by atoms with Crippen molar-refractivity contribution in [3.63, 3.8) is 0 Å². The van der Waals surface area contributed by atoms with Gasteiger partial charge in [0.15, 0.2) is 0 Å². The monoisotopic (exact) mass is 263 g/mol. The molecule has 1 aromatic carbocycles. The topological polar surface area (TPSA) is 59.8 Å². The van der Waals surface area contributed by atoms with Gasteiger partial charge >= 0.3 is 0 Å². The third kappa shape index (κ3) is 2.42. The lowest BCUT2D eigenvalue weighted by Crippen LogP contribution is -2.41. The minimum atomic E-state index is -0.0556. The van der Waals surface area contributed by atoms with Gasteiger partial charge in [0.1, 0.15) is 12.4 Å². The molecule has 19 heavy (non-hydrogen) atoms. The molecular weight excluding hydrogens is 242 g/mol. The van der Waals surface area contributed by atoms with Crippen molar-refractivity contribution in [3.05, 3.63) is 12.1 Å². The number of fused-ring (bicyclic) bond motifs is 1. The average molecular weight is 263 g/mol. The first kappa shape index (κ1) is 12.4. The number of nitrogens with one attached hydrogen (secondary N) is 1. The molecule has 5 heteroatoms. The van der Waals surface area contributed by atoms with Crippen molar-refractivity contribution in [1.82, 2.24) is 0 Å². The fraction of sp³-hybridized carbons (Fsp3) is 0.571. The largest absolute Gasteiger partial charge is 0.489 e. The van der Waals surface area contributed by atoms with E-state index in [1.54, 1.807) is 0 Å². The first-order chi connectivity index (χ1) is 9.05. The quantitative estimate of drug-likeness (QED) is 0.755. The predicted molar refractivity (Wildman–Crippen MR) is 77.1 cm³/mol. The summed E-state index contributed by atoms with van der Waals surface area (Å²) in [5.41, 5.74) is 8.94. The van der Waals surface area contributed by atoms with Gasteiger partial charge in [0.05, 0.1) is 35.8 Å². The molecule has 0 atom stereocenters. The lowest BCUT2D eigenvalue weighted by atomic mass is 10.0.